The van der Waals surface area contributed by atoms with Gasteiger partial charge in [-0.2, -0.15) is 0 Å². The molecule has 2 N–H and O–H groups in total. The second kappa shape index (κ2) is 6.89. The number of rotatable bonds is 6. The molecule has 1 atom stereocenters. The van der Waals surface area contributed by atoms with E-state index in [9.17, 15) is 9.59 Å². The summed E-state index contributed by atoms with van der Waals surface area (Å²) in [6.45, 7) is 3.05. The summed E-state index contributed by atoms with van der Waals surface area (Å²) in [6.07, 6.45) is 0. The lowest BCUT2D eigenvalue weighted by Gasteiger charge is -2.20. The summed E-state index contributed by atoms with van der Waals surface area (Å²) >= 11 is 0. The molecule has 1 rings (SSSR count). The molecule has 0 aliphatic heterocycles. The Morgan fingerprint density at radius 2 is 2.11 bits per heavy atom. The molecule has 0 bridgehead atoms. The number of hydrogen-bond acceptors (Lipinski definition) is 4. The molecule has 1 unspecified atom stereocenters. The van der Waals surface area contributed by atoms with Crippen LogP contribution in [-0.4, -0.2) is 37.5 Å². The number of carbonyl (C=O) groups is 2. The Balaban J connectivity index is 2.61. The van der Waals surface area contributed by atoms with Crippen molar-refractivity contribution in [2.45, 2.75) is 13.5 Å². The van der Waals surface area contributed by atoms with E-state index in [2.05, 4.69) is 4.74 Å². The van der Waals surface area contributed by atoms with Crippen molar-refractivity contribution in [3.05, 3.63) is 35.4 Å². The lowest BCUT2D eigenvalue weighted by Crippen LogP contribution is -2.29. The minimum atomic E-state index is -0.438. The van der Waals surface area contributed by atoms with E-state index < -0.39 is 5.91 Å². The highest BCUT2D eigenvalue weighted by Crippen LogP contribution is 2.09. The maximum Gasteiger partial charge on any atom is 0.309 e. The Hall–Kier alpha value is -1.88. The fourth-order valence-corrected chi connectivity index (χ4v) is 1.94. The van der Waals surface area contributed by atoms with Crippen molar-refractivity contribution < 1.29 is 14.3 Å². The Kier molecular flexibility index (Phi) is 5.51. The summed E-state index contributed by atoms with van der Waals surface area (Å²) in [6, 6.07) is 7.17. The number of carbonyl (C=O) groups excluding carboxylic acids is 2. The lowest BCUT2D eigenvalue weighted by molar-refractivity contribution is -0.145. The van der Waals surface area contributed by atoms with Crippen LogP contribution in [0.1, 0.15) is 22.8 Å². The van der Waals surface area contributed by atoms with Crippen LogP contribution < -0.4 is 5.73 Å². The van der Waals surface area contributed by atoms with Crippen molar-refractivity contribution in [1.29, 1.82) is 0 Å². The van der Waals surface area contributed by atoms with Gasteiger partial charge < -0.3 is 15.4 Å². The zero-order valence-electron chi connectivity index (χ0n) is 11.6. The van der Waals surface area contributed by atoms with Crippen LogP contribution in [0.5, 0.6) is 0 Å². The highest BCUT2D eigenvalue weighted by Gasteiger charge is 2.15. The molecule has 0 fully saturated rings. The van der Waals surface area contributed by atoms with Gasteiger partial charge in [-0.25, -0.2) is 0 Å². The summed E-state index contributed by atoms with van der Waals surface area (Å²) in [4.78, 5) is 24.4. The Labute approximate surface area is 113 Å². The predicted octanol–water partition coefficient (Wildman–Crippen LogP) is 1.03. The normalized spacial score (nSPS) is 12.2. The molecule has 0 aliphatic carbocycles. The first-order valence-corrected chi connectivity index (χ1v) is 6.09. The van der Waals surface area contributed by atoms with E-state index in [1.54, 1.807) is 18.2 Å². The summed E-state index contributed by atoms with van der Waals surface area (Å²) in [5.41, 5.74) is 6.71. The molecule has 0 spiro atoms. The topological polar surface area (TPSA) is 72.6 Å². The SMILES string of the molecule is COC(=O)C(C)CN(C)Cc1cccc(C(N)=O)c1. The molecule has 0 radical (unpaired) electrons. The highest BCUT2D eigenvalue weighted by atomic mass is 16.5. The van der Waals surface area contributed by atoms with E-state index >= 15 is 0 Å². The lowest BCUT2D eigenvalue weighted by atomic mass is 10.1. The fraction of sp³-hybridized carbons (Fsp3) is 0.429. The van der Waals surface area contributed by atoms with Crippen LogP contribution in [0, 0.1) is 5.92 Å². The Bertz CT molecular complexity index is 460. The maximum absolute atomic E-state index is 11.3. The van der Waals surface area contributed by atoms with Gasteiger partial charge >= 0.3 is 5.97 Å². The first-order valence-electron chi connectivity index (χ1n) is 6.09. The molecule has 0 aromatic heterocycles. The average Bonchev–Trinajstić information content (AvgIpc) is 2.37. The van der Waals surface area contributed by atoms with Gasteiger partial charge in [0.05, 0.1) is 13.0 Å². The first kappa shape index (κ1) is 15.2. The molecule has 1 amide bonds. The van der Waals surface area contributed by atoms with Crippen LogP contribution in [0.25, 0.3) is 0 Å². The van der Waals surface area contributed by atoms with Gasteiger partial charge in [-0.15, -0.1) is 0 Å². The average molecular weight is 264 g/mol. The van der Waals surface area contributed by atoms with Crippen LogP contribution in [-0.2, 0) is 16.1 Å². The van der Waals surface area contributed by atoms with Crippen molar-refractivity contribution in [2.75, 3.05) is 20.7 Å². The smallest absolute Gasteiger partial charge is 0.309 e. The third-order valence-electron chi connectivity index (χ3n) is 2.85. The van der Waals surface area contributed by atoms with Crippen molar-refractivity contribution >= 4 is 11.9 Å². The molecule has 0 saturated carbocycles. The molecule has 0 heterocycles. The minimum Gasteiger partial charge on any atom is -0.469 e. The second-order valence-corrected chi connectivity index (χ2v) is 4.69. The van der Waals surface area contributed by atoms with Crippen molar-refractivity contribution in [1.82, 2.24) is 4.90 Å². The molecule has 104 valence electrons. The summed E-state index contributed by atoms with van der Waals surface area (Å²) in [7, 11) is 3.30. The molecule has 5 heteroatoms. The van der Waals surface area contributed by atoms with E-state index in [0.717, 1.165) is 5.56 Å². The number of amides is 1. The van der Waals surface area contributed by atoms with Crippen LogP contribution >= 0.6 is 0 Å². The van der Waals surface area contributed by atoms with Crippen LogP contribution in [0.2, 0.25) is 0 Å². The number of methoxy groups -OCH3 is 1. The van der Waals surface area contributed by atoms with E-state index in [4.69, 9.17) is 5.73 Å². The Morgan fingerprint density at radius 3 is 2.68 bits per heavy atom. The quantitative estimate of drug-likeness (QED) is 0.779. The van der Waals surface area contributed by atoms with Gasteiger partial charge in [-0.05, 0) is 24.7 Å². The van der Waals surface area contributed by atoms with E-state index in [-0.39, 0.29) is 11.9 Å². The number of nitrogens with two attached hydrogens (primary N) is 1. The van der Waals surface area contributed by atoms with E-state index in [1.807, 2.05) is 24.9 Å². The van der Waals surface area contributed by atoms with Gasteiger partial charge in [0, 0.05) is 18.7 Å². The summed E-state index contributed by atoms with van der Waals surface area (Å²) < 4.78 is 4.69. The number of hydrogen-bond donors (Lipinski definition) is 1. The molecule has 1 aromatic rings. The van der Waals surface area contributed by atoms with Crippen LogP contribution in [0.15, 0.2) is 24.3 Å². The molecular formula is C14H20N2O3. The number of ether oxygens (including phenoxy) is 1. The molecular weight excluding hydrogens is 244 g/mol. The van der Waals surface area contributed by atoms with Crippen molar-refractivity contribution in [2.24, 2.45) is 11.7 Å². The number of nitrogens with zero attached hydrogens (tertiary/aromatic N) is 1. The predicted molar refractivity (Wildman–Crippen MR) is 72.5 cm³/mol. The standard InChI is InChI=1S/C14H20N2O3/c1-10(14(18)19-3)8-16(2)9-11-5-4-6-12(7-11)13(15)17/h4-7,10H,8-9H2,1-3H3,(H2,15,17). The van der Waals surface area contributed by atoms with Crippen LogP contribution in [0.4, 0.5) is 0 Å². The van der Waals surface area contributed by atoms with Gasteiger partial charge in [-0.3, -0.25) is 9.59 Å². The zero-order valence-corrected chi connectivity index (χ0v) is 11.6. The van der Waals surface area contributed by atoms with Gasteiger partial charge in [0.15, 0.2) is 0 Å². The van der Waals surface area contributed by atoms with Gasteiger partial charge in [-0.1, -0.05) is 19.1 Å². The maximum atomic E-state index is 11.3. The molecule has 0 saturated heterocycles. The van der Waals surface area contributed by atoms with Crippen molar-refractivity contribution in [3.8, 4) is 0 Å². The molecule has 0 aliphatic rings. The third-order valence-corrected chi connectivity index (χ3v) is 2.85. The largest absolute Gasteiger partial charge is 0.469 e. The zero-order chi connectivity index (χ0) is 14.4. The fourth-order valence-electron chi connectivity index (χ4n) is 1.94. The van der Waals surface area contributed by atoms with Gasteiger partial charge in [0.2, 0.25) is 5.91 Å². The summed E-state index contributed by atoms with van der Waals surface area (Å²) in [5, 5.41) is 0. The van der Waals surface area contributed by atoms with Gasteiger partial charge in [0.1, 0.15) is 0 Å². The highest BCUT2D eigenvalue weighted by molar-refractivity contribution is 5.92. The van der Waals surface area contributed by atoms with Crippen molar-refractivity contribution in [3.63, 3.8) is 0 Å². The number of primary amides is 1. The first-order chi connectivity index (χ1) is 8.93. The number of benzene rings is 1. The van der Waals surface area contributed by atoms with E-state index in [1.165, 1.54) is 7.11 Å². The Morgan fingerprint density at radius 1 is 1.42 bits per heavy atom. The van der Waals surface area contributed by atoms with Crippen LogP contribution in [0.3, 0.4) is 0 Å². The molecule has 5 nitrogen and oxygen atoms in total. The van der Waals surface area contributed by atoms with Gasteiger partial charge in [0.25, 0.3) is 0 Å². The monoisotopic (exact) mass is 264 g/mol. The molecule has 19 heavy (non-hydrogen) atoms. The third kappa shape index (κ3) is 4.71. The molecule has 1 aromatic carbocycles. The van der Waals surface area contributed by atoms with E-state index in [0.29, 0.717) is 18.7 Å². The minimum absolute atomic E-state index is 0.186. The number of esters is 1. The second-order valence-electron chi connectivity index (χ2n) is 4.69. The summed E-state index contributed by atoms with van der Waals surface area (Å²) in [5.74, 6) is -0.848.